The van der Waals surface area contributed by atoms with Crippen molar-refractivity contribution in [2.24, 2.45) is 23.7 Å². The molecule has 0 radical (unpaired) electrons. The molecule has 0 aromatic heterocycles. The van der Waals surface area contributed by atoms with E-state index in [-0.39, 0.29) is 41.2 Å². The molecule has 6 heteroatoms. The summed E-state index contributed by atoms with van der Waals surface area (Å²) in [6, 6.07) is 20.1. The number of carbonyl (C=O) groups is 2. The third kappa shape index (κ3) is 2.45. The summed E-state index contributed by atoms with van der Waals surface area (Å²) in [6.45, 7) is 0. The van der Waals surface area contributed by atoms with E-state index in [0.717, 1.165) is 12.8 Å². The van der Waals surface area contributed by atoms with Crippen LogP contribution in [0.1, 0.15) is 24.3 Å². The molecule has 2 amide bonds. The van der Waals surface area contributed by atoms with Gasteiger partial charge in [0, 0.05) is 11.5 Å². The van der Waals surface area contributed by atoms with Gasteiger partial charge in [0.25, 0.3) is 5.69 Å². The van der Waals surface area contributed by atoms with E-state index in [9.17, 15) is 19.7 Å². The standard InChI is InChI=1S/C25H20N2O4/c28-24-22-15-12-18(14-6-2-1-3-7-14)19(13-15)23(22)25(29)26(24)20-10-11-21(27(30)31)17-9-5-4-8-16(17)20/h1-11,15,18-19,22-23H,12-13H2/t15-,18+,19-,22-,23+/m1/s1. The van der Waals surface area contributed by atoms with Gasteiger partial charge in [0.05, 0.1) is 27.8 Å². The highest BCUT2D eigenvalue weighted by Crippen LogP contribution is 2.62. The molecule has 0 unspecified atom stereocenters. The maximum Gasteiger partial charge on any atom is 0.277 e. The fourth-order valence-electron chi connectivity index (χ4n) is 6.40. The van der Waals surface area contributed by atoms with Crippen molar-refractivity contribution in [3.05, 3.63) is 82.4 Å². The number of hydrogen-bond acceptors (Lipinski definition) is 4. The lowest BCUT2D eigenvalue weighted by Gasteiger charge is -2.28. The Kier molecular flexibility index (Phi) is 3.81. The van der Waals surface area contributed by atoms with Gasteiger partial charge in [0.1, 0.15) is 0 Å². The van der Waals surface area contributed by atoms with Gasteiger partial charge in [-0.25, -0.2) is 4.90 Å². The highest BCUT2D eigenvalue weighted by molar-refractivity contribution is 6.25. The monoisotopic (exact) mass is 412 g/mol. The van der Waals surface area contributed by atoms with E-state index in [2.05, 4.69) is 12.1 Å². The number of nitro benzene ring substituents is 1. The van der Waals surface area contributed by atoms with Gasteiger partial charge in [0.15, 0.2) is 0 Å². The summed E-state index contributed by atoms with van der Waals surface area (Å²) in [5, 5.41) is 12.5. The molecule has 2 bridgehead atoms. The second kappa shape index (κ2) is 6.48. The zero-order chi connectivity index (χ0) is 21.3. The molecular weight excluding hydrogens is 392 g/mol. The minimum Gasteiger partial charge on any atom is -0.274 e. The van der Waals surface area contributed by atoms with Crippen LogP contribution in [-0.2, 0) is 9.59 Å². The van der Waals surface area contributed by atoms with Crippen molar-refractivity contribution < 1.29 is 14.5 Å². The lowest BCUT2D eigenvalue weighted by atomic mass is 9.73. The van der Waals surface area contributed by atoms with Crippen LogP contribution in [0.25, 0.3) is 10.8 Å². The first-order valence-electron chi connectivity index (χ1n) is 10.6. The fraction of sp³-hybridized carbons (Fsp3) is 0.280. The molecule has 2 saturated carbocycles. The number of nitro groups is 1. The van der Waals surface area contributed by atoms with Crippen LogP contribution >= 0.6 is 0 Å². The van der Waals surface area contributed by atoms with Crippen LogP contribution in [0.15, 0.2) is 66.7 Å². The number of fused-ring (bicyclic) bond motifs is 6. The largest absolute Gasteiger partial charge is 0.277 e. The number of nitrogens with zero attached hydrogens (tertiary/aromatic N) is 2. The van der Waals surface area contributed by atoms with Crippen LogP contribution in [0.3, 0.4) is 0 Å². The maximum atomic E-state index is 13.6. The van der Waals surface area contributed by atoms with E-state index in [1.807, 2.05) is 18.2 Å². The van der Waals surface area contributed by atoms with E-state index in [1.165, 1.54) is 16.5 Å². The normalized spacial score (nSPS) is 29.0. The molecule has 5 atom stereocenters. The van der Waals surface area contributed by atoms with Crippen molar-refractivity contribution in [3.63, 3.8) is 0 Å². The van der Waals surface area contributed by atoms with Gasteiger partial charge in [-0.05, 0) is 48.3 Å². The predicted octanol–water partition coefficient (Wildman–Crippen LogP) is 4.68. The molecule has 0 spiro atoms. The molecule has 0 N–H and O–H groups in total. The van der Waals surface area contributed by atoms with Crippen molar-refractivity contribution >= 4 is 34.0 Å². The fourth-order valence-corrected chi connectivity index (χ4v) is 6.40. The van der Waals surface area contributed by atoms with E-state index >= 15 is 0 Å². The van der Waals surface area contributed by atoms with Gasteiger partial charge in [-0.1, -0.05) is 48.5 Å². The molecule has 3 aromatic rings. The smallest absolute Gasteiger partial charge is 0.274 e. The van der Waals surface area contributed by atoms with E-state index in [0.29, 0.717) is 22.4 Å². The molecule has 1 saturated heterocycles. The molecule has 31 heavy (non-hydrogen) atoms. The first kappa shape index (κ1) is 18.2. The van der Waals surface area contributed by atoms with Crippen LogP contribution in [-0.4, -0.2) is 16.7 Å². The summed E-state index contributed by atoms with van der Waals surface area (Å²) in [7, 11) is 0. The van der Waals surface area contributed by atoms with Crippen LogP contribution in [0.4, 0.5) is 11.4 Å². The molecule has 154 valence electrons. The summed E-state index contributed by atoms with van der Waals surface area (Å²) >= 11 is 0. The molecule has 1 aliphatic heterocycles. The van der Waals surface area contributed by atoms with Crippen molar-refractivity contribution in [2.45, 2.75) is 18.8 Å². The number of anilines is 1. The molecule has 3 aromatic carbocycles. The Labute approximate surface area is 178 Å². The first-order valence-corrected chi connectivity index (χ1v) is 10.6. The third-order valence-electron chi connectivity index (χ3n) is 7.56. The minimum absolute atomic E-state index is 0.0251. The SMILES string of the molecule is O=C1[C@@H]2[C@H]3C[C@@H]([C@@H]2C(=O)N1c1ccc([N+](=O)[O-])c2ccccc12)[C@H](c1ccccc1)C3. The van der Waals surface area contributed by atoms with Gasteiger partial charge in [-0.2, -0.15) is 0 Å². The number of amides is 2. The van der Waals surface area contributed by atoms with Crippen molar-refractivity contribution in [3.8, 4) is 0 Å². The summed E-state index contributed by atoms with van der Waals surface area (Å²) in [6.07, 6.45) is 1.85. The number of benzene rings is 3. The number of non-ortho nitro benzene ring substituents is 1. The zero-order valence-corrected chi connectivity index (χ0v) is 16.7. The van der Waals surface area contributed by atoms with Gasteiger partial charge in [-0.3, -0.25) is 19.7 Å². The summed E-state index contributed by atoms with van der Waals surface area (Å²) in [4.78, 5) is 39.4. The molecule has 6 nitrogen and oxygen atoms in total. The third-order valence-corrected chi connectivity index (χ3v) is 7.56. The lowest BCUT2D eigenvalue weighted by Crippen LogP contribution is -2.33. The molecular formula is C25H20N2O4. The Balaban J connectivity index is 1.42. The van der Waals surface area contributed by atoms with Crippen molar-refractivity contribution in [1.29, 1.82) is 0 Å². The van der Waals surface area contributed by atoms with Crippen molar-refractivity contribution in [1.82, 2.24) is 0 Å². The summed E-state index contributed by atoms with van der Waals surface area (Å²) < 4.78 is 0. The average molecular weight is 412 g/mol. The maximum absolute atomic E-state index is 13.6. The van der Waals surface area contributed by atoms with Crippen LogP contribution in [0.2, 0.25) is 0 Å². The molecule has 2 aliphatic carbocycles. The number of carbonyl (C=O) groups excluding carboxylic acids is 2. The van der Waals surface area contributed by atoms with Crippen molar-refractivity contribution in [2.75, 3.05) is 4.90 Å². The number of hydrogen-bond donors (Lipinski definition) is 0. The van der Waals surface area contributed by atoms with Gasteiger partial charge in [-0.15, -0.1) is 0 Å². The molecule has 3 fully saturated rings. The second-order valence-electron chi connectivity index (χ2n) is 8.88. The predicted molar refractivity (Wildman–Crippen MR) is 115 cm³/mol. The Morgan fingerprint density at radius 3 is 2.23 bits per heavy atom. The van der Waals surface area contributed by atoms with Crippen LogP contribution in [0.5, 0.6) is 0 Å². The first-order chi connectivity index (χ1) is 15.1. The van der Waals surface area contributed by atoms with E-state index < -0.39 is 4.92 Å². The summed E-state index contributed by atoms with van der Waals surface area (Å²) in [5.74, 6) is -0.182. The molecule has 3 aliphatic rings. The summed E-state index contributed by atoms with van der Waals surface area (Å²) in [5.41, 5.74) is 1.68. The van der Waals surface area contributed by atoms with Crippen LogP contribution in [0, 0.1) is 33.8 Å². The minimum atomic E-state index is -0.431. The quantitative estimate of drug-likeness (QED) is 0.355. The average Bonchev–Trinajstić information content (AvgIpc) is 3.45. The Hall–Kier alpha value is -3.54. The number of rotatable bonds is 3. The highest BCUT2D eigenvalue weighted by atomic mass is 16.6. The van der Waals surface area contributed by atoms with Gasteiger partial charge in [0.2, 0.25) is 11.8 Å². The topological polar surface area (TPSA) is 80.5 Å². The lowest BCUT2D eigenvalue weighted by molar-refractivity contribution is -0.383. The Morgan fingerprint density at radius 1 is 0.806 bits per heavy atom. The van der Waals surface area contributed by atoms with Gasteiger partial charge >= 0.3 is 0 Å². The van der Waals surface area contributed by atoms with E-state index in [1.54, 1.807) is 30.3 Å². The number of imide groups is 1. The van der Waals surface area contributed by atoms with Crippen LogP contribution < -0.4 is 4.90 Å². The molecule has 1 heterocycles. The zero-order valence-electron chi connectivity index (χ0n) is 16.7. The Bertz CT molecular complexity index is 1250. The van der Waals surface area contributed by atoms with E-state index in [4.69, 9.17) is 0 Å². The Morgan fingerprint density at radius 2 is 1.48 bits per heavy atom. The highest BCUT2D eigenvalue weighted by Gasteiger charge is 2.64. The second-order valence-corrected chi connectivity index (χ2v) is 8.88. The molecule has 6 rings (SSSR count). The van der Waals surface area contributed by atoms with Gasteiger partial charge < -0.3 is 0 Å².